The summed E-state index contributed by atoms with van der Waals surface area (Å²) in [6, 6.07) is 9.04. The van der Waals surface area contributed by atoms with Crippen molar-refractivity contribution in [3.63, 3.8) is 0 Å². The summed E-state index contributed by atoms with van der Waals surface area (Å²) in [6.45, 7) is 5.91. The summed E-state index contributed by atoms with van der Waals surface area (Å²) in [4.78, 5) is 0. The van der Waals surface area contributed by atoms with Gasteiger partial charge in [0.2, 0.25) is 0 Å². The van der Waals surface area contributed by atoms with E-state index in [2.05, 4.69) is 22.0 Å². The Morgan fingerprint density at radius 2 is 1.68 bits per heavy atom. The van der Waals surface area contributed by atoms with Crippen LogP contribution in [-0.4, -0.2) is 0 Å². The third-order valence-corrected chi connectivity index (χ3v) is 4.52. The van der Waals surface area contributed by atoms with Crippen LogP contribution >= 0.6 is 27.5 Å². The van der Waals surface area contributed by atoms with Crippen LogP contribution in [0.5, 0.6) is 0 Å². The lowest BCUT2D eigenvalue weighted by atomic mass is 9.97. The smallest absolute Gasteiger partial charge is 0.123 e. The maximum Gasteiger partial charge on any atom is 0.123 e. The van der Waals surface area contributed by atoms with Crippen molar-refractivity contribution in [3.05, 3.63) is 68.4 Å². The largest absolute Gasteiger partial charge is 0.207 e. The Hall–Kier alpha value is -0.860. The molecule has 1 unspecified atom stereocenters. The van der Waals surface area contributed by atoms with Crippen LogP contribution in [0.2, 0.25) is 0 Å². The van der Waals surface area contributed by atoms with Crippen molar-refractivity contribution in [2.45, 2.75) is 26.1 Å². The van der Waals surface area contributed by atoms with E-state index < -0.39 is 0 Å². The normalized spacial score (nSPS) is 12.5. The molecule has 0 heterocycles. The number of benzene rings is 2. The molecule has 0 radical (unpaired) electrons. The van der Waals surface area contributed by atoms with E-state index in [0.717, 1.165) is 32.3 Å². The van der Waals surface area contributed by atoms with E-state index in [1.54, 1.807) is 0 Å². The van der Waals surface area contributed by atoms with Gasteiger partial charge in [-0.05, 0) is 66.8 Å². The second kappa shape index (κ2) is 5.64. The molecule has 2 aromatic rings. The summed E-state index contributed by atoms with van der Waals surface area (Å²) in [6.07, 6.45) is 0. The summed E-state index contributed by atoms with van der Waals surface area (Å²) in [5, 5.41) is -0.332. The summed E-state index contributed by atoms with van der Waals surface area (Å²) in [5.41, 5.74) is 4.92. The minimum absolute atomic E-state index is 0.243. The first-order valence-corrected chi connectivity index (χ1v) is 7.29. The van der Waals surface area contributed by atoms with E-state index in [4.69, 9.17) is 11.6 Å². The van der Waals surface area contributed by atoms with E-state index >= 15 is 0 Å². The summed E-state index contributed by atoms with van der Waals surface area (Å²) >= 11 is 10.0. The molecule has 1 atom stereocenters. The highest BCUT2D eigenvalue weighted by molar-refractivity contribution is 9.10. The second-order valence-electron chi connectivity index (χ2n) is 4.88. The van der Waals surface area contributed by atoms with E-state index in [9.17, 15) is 4.39 Å². The molecular weight excluding hydrogens is 327 g/mol. The van der Waals surface area contributed by atoms with Crippen LogP contribution < -0.4 is 0 Å². The van der Waals surface area contributed by atoms with Gasteiger partial charge < -0.3 is 0 Å². The summed E-state index contributed by atoms with van der Waals surface area (Å²) < 4.78 is 14.5. The Bertz CT molecular complexity index is 602. The zero-order valence-corrected chi connectivity index (χ0v) is 13.4. The van der Waals surface area contributed by atoms with Gasteiger partial charge in [-0.3, -0.25) is 0 Å². The van der Waals surface area contributed by atoms with Crippen LogP contribution in [0.25, 0.3) is 0 Å². The van der Waals surface area contributed by atoms with Gasteiger partial charge in [0, 0.05) is 4.47 Å². The van der Waals surface area contributed by atoms with E-state index in [1.165, 1.54) is 12.1 Å². The molecule has 0 N–H and O–H groups in total. The molecule has 0 saturated carbocycles. The maximum atomic E-state index is 13.5. The van der Waals surface area contributed by atoms with E-state index in [0.29, 0.717) is 0 Å². The Labute approximate surface area is 126 Å². The molecule has 0 saturated heterocycles. The van der Waals surface area contributed by atoms with Crippen molar-refractivity contribution in [1.29, 1.82) is 0 Å². The zero-order chi connectivity index (χ0) is 14.2. The minimum Gasteiger partial charge on any atom is -0.207 e. The van der Waals surface area contributed by atoms with Gasteiger partial charge in [-0.1, -0.05) is 28.1 Å². The highest BCUT2D eigenvalue weighted by atomic mass is 79.9. The number of rotatable bonds is 2. The standard InChI is InChI=1S/C16H15BrClF/c1-9-4-12(8-13(19)5-9)16(18)14-6-11(3)15(17)7-10(14)2/h4-8,16H,1-3H3. The Morgan fingerprint density at radius 1 is 1.00 bits per heavy atom. The van der Waals surface area contributed by atoms with Crippen LogP contribution in [0.1, 0.15) is 33.2 Å². The van der Waals surface area contributed by atoms with Crippen molar-refractivity contribution in [2.75, 3.05) is 0 Å². The fourth-order valence-electron chi connectivity index (χ4n) is 2.17. The number of hydrogen-bond donors (Lipinski definition) is 0. The van der Waals surface area contributed by atoms with Gasteiger partial charge in [-0.25, -0.2) is 4.39 Å². The van der Waals surface area contributed by atoms with Crippen LogP contribution in [0.4, 0.5) is 4.39 Å². The van der Waals surface area contributed by atoms with Gasteiger partial charge in [0.05, 0.1) is 5.38 Å². The molecule has 0 nitrogen and oxygen atoms in total. The van der Waals surface area contributed by atoms with Crippen LogP contribution in [0.15, 0.2) is 34.8 Å². The van der Waals surface area contributed by atoms with Gasteiger partial charge in [0.15, 0.2) is 0 Å². The second-order valence-corrected chi connectivity index (χ2v) is 6.17. The fraction of sp³-hybridized carbons (Fsp3) is 0.250. The Balaban J connectivity index is 2.49. The molecule has 0 bridgehead atoms. The quantitative estimate of drug-likeness (QED) is 0.602. The number of alkyl halides is 1. The predicted molar refractivity (Wildman–Crippen MR) is 82.4 cm³/mol. The maximum absolute atomic E-state index is 13.5. The minimum atomic E-state index is -0.332. The molecule has 0 spiro atoms. The fourth-order valence-corrected chi connectivity index (χ4v) is 2.99. The van der Waals surface area contributed by atoms with Crippen molar-refractivity contribution in [2.24, 2.45) is 0 Å². The molecule has 0 aliphatic carbocycles. The first-order chi connectivity index (χ1) is 8.88. The van der Waals surface area contributed by atoms with Gasteiger partial charge >= 0.3 is 0 Å². The first kappa shape index (κ1) is 14.5. The topological polar surface area (TPSA) is 0 Å². The van der Waals surface area contributed by atoms with Crippen molar-refractivity contribution < 1.29 is 4.39 Å². The molecular formula is C16H15BrClF. The van der Waals surface area contributed by atoms with Crippen LogP contribution in [0.3, 0.4) is 0 Å². The average molecular weight is 342 g/mol. The monoisotopic (exact) mass is 340 g/mol. The SMILES string of the molecule is Cc1cc(F)cc(C(Cl)c2cc(C)c(Br)cc2C)c1. The molecule has 3 heteroatoms. The van der Waals surface area contributed by atoms with Gasteiger partial charge in [-0.15, -0.1) is 11.6 Å². The molecule has 0 aliphatic heterocycles. The van der Waals surface area contributed by atoms with Crippen molar-refractivity contribution in [3.8, 4) is 0 Å². The lowest BCUT2D eigenvalue weighted by Gasteiger charge is -2.16. The van der Waals surface area contributed by atoms with Crippen molar-refractivity contribution in [1.82, 2.24) is 0 Å². The number of aryl methyl sites for hydroxylation is 3. The van der Waals surface area contributed by atoms with E-state index in [1.807, 2.05) is 32.9 Å². The third-order valence-electron chi connectivity index (χ3n) is 3.18. The highest BCUT2D eigenvalue weighted by Crippen LogP contribution is 2.34. The Kier molecular flexibility index (Phi) is 4.32. The molecule has 19 heavy (non-hydrogen) atoms. The summed E-state index contributed by atoms with van der Waals surface area (Å²) in [5.74, 6) is -0.243. The molecule has 2 aromatic carbocycles. The van der Waals surface area contributed by atoms with Gasteiger partial charge in [-0.2, -0.15) is 0 Å². The molecule has 0 aliphatic rings. The predicted octanol–water partition coefficient (Wildman–Crippen LogP) is 5.84. The molecule has 2 rings (SSSR count). The Morgan fingerprint density at radius 3 is 2.32 bits per heavy atom. The molecule has 0 aromatic heterocycles. The lowest BCUT2D eigenvalue weighted by Crippen LogP contribution is -1.99. The van der Waals surface area contributed by atoms with Gasteiger partial charge in [0.25, 0.3) is 0 Å². The molecule has 100 valence electrons. The van der Waals surface area contributed by atoms with E-state index in [-0.39, 0.29) is 11.2 Å². The number of halogens is 3. The van der Waals surface area contributed by atoms with Crippen LogP contribution in [-0.2, 0) is 0 Å². The zero-order valence-electron chi connectivity index (χ0n) is 11.1. The van der Waals surface area contributed by atoms with Crippen LogP contribution in [0, 0.1) is 26.6 Å². The average Bonchev–Trinajstić information content (AvgIpc) is 2.31. The number of hydrogen-bond acceptors (Lipinski definition) is 0. The lowest BCUT2D eigenvalue weighted by molar-refractivity contribution is 0.624. The third kappa shape index (κ3) is 3.18. The van der Waals surface area contributed by atoms with Gasteiger partial charge in [0.1, 0.15) is 5.82 Å². The molecule has 0 amide bonds. The summed E-state index contributed by atoms with van der Waals surface area (Å²) in [7, 11) is 0. The highest BCUT2D eigenvalue weighted by Gasteiger charge is 2.15. The van der Waals surface area contributed by atoms with Crippen molar-refractivity contribution >= 4 is 27.5 Å². The first-order valence-electron chi connectivity index (χ1n) is 6.06. The molecule has 0 fully saturated rings.